The molecule has 9 nitrogen and oxygen atoms in total. The Morgan fingerprint density at radius 2 is 0.600 bits per heavy atom. The van der Waals surface area contributed by atoms with Crippen LogP contribution in [0.3, 0.4) is 0 Å². The van der Waals surface area contributed by atoms with Gasteiger partial charge >= 0.3 is 19.8 Å². The minimum atomic E-state index is -4.39. The number of rotatable bonds is 72. The number of quaternary nitrogens is 1. The molecule has 85 heavy (non-hydrogen) atoms. The second-order valence-electron chi connectivity index (χ2n) is 27.4. The minimum Gasteiger partial charge on any atom is -0.462 e. The first-order valence-electron chi connectivity index (χ1n) is 37.9. The standard InChI is InChI=1S/C75H148NO8P/c1-6-8-10-12-14-16-18-20-22-24-26-28-30-32-33-34-35-36-37-38-39-40-41-42-43-44-46-48-50-52-54-56-58-60-62-64-66-68-75(78)84-73(72-83-85(79,80)82-70-69-76(3,4)5)71-81-74(77)67-65-63-61-59-57-55-53-51-49-47-45-31-29-27-25-23-21-19-17-15-13-11-9-7-2/h24,26,73H,6-23,25,27-72H2,1-5H3/p+1/b26-24-. The minimum absolute atomic E-state index is 0.0370. The van der Waals surface area contributed by atoms with Crippen molar-refractivity contribution in [2.45, 2.75) is 412 Å². The Kier molecular flexibility index (Phi) is 66.2. The molecule has 2 atom stereocenters. The number of hydrogen-bond acceptors (Lipinski definition) is 7. The van der Waals surface area contributed by atoms with Gasteiger partial charge in [0.2, 0.25) is 0 Å². The Hall–Kier alpha value is -1.25. The molecule has 10 heteroatoms. The van der Waals surface area contributed by atoms with E-state index in [9.17, 15) is 19.0 Å². The highest BCUT2D eigenvalue weighted by Crippen LogP contribution is 2.43. The highest BCUT2D eigenvalue weighted by atomic mass is 31.2. The zero-order valence-electron chi connectivity index (χ0n) is 57.9. The first-order chi connectivity index (χ1) is 41.5. The number of ether oxygens (including phenoxy) is 2. The van der Waals surface area contributed by atoms with Crippen molar-refractivity contribution in [1.82, 2.24) is 0 Å². The quantitative estimate of drug-likeness (QED) is 0.0211. The Morgan fingerprint density at radius 3 is 0.871 bits per heavy atom. The van der Waals surface area contributed by atoms with E-state index >= 15 is 0 Å². The molecule has 0 saturated heterocycles. The molecule has 0 heterocycles. The summed E-state index contributed by atoms with van der Waals surface area (Å²) in [5, 5.41) is 0. The van der Waals surface area contributed by atoms with Crippen LogP contribution < -0.4 is 0 Å². The molecule has 2 unspecified atom stereocenters. The Morgan fingerprint density at radius 1 is 0.353 bits per heavy atom. The molecule has 506 valence electrons. The van der Waals surface area contributed by atoms with Crippen LogP contribution in [0.1, 0.15) is 406 Å². The van der Waals surface area contributed by atoms with Crippen LogP contribution in [0.5, 0.6) is 0 Å². The average Bonchev–Trinajstić information content (AvgIpc) is 3.50. The molecular weight excluding hydrogens is 1070 g/mol. The normalized spacial score (nSPS) is 13.1. The molecule has 1 N–H and O–H groups in total. The number of hydrogen-bond donors (Lipinski definition) is 1. The van der Waals surface area contributed by atoms with Crippen molar-refractivity contribution in [1.29, 1.82) is 0 Å². The van der Waals surface area contributed by atoms with E-state index in [4.69, 9.17) is 18.5 Å². The number of likely N-dealkylation sites (N-methyl/N-ethyl adjacent to an activating group) is 1. The first kappa shape index (κ1) is 83.8. The maximum atomic E-state index is 12.9. The van der Waals surface area contributed by atoms with Gasteiger partial charge in [0.15, 0.2) is 6.10 Å². The van der Waals surface area contributed by atoms with Gasteiger partial charge in [-0.25, -0.2) is 4.57 Å². The van der Waals surface area contributed by atoms with Crippen molar-refractivity contribution in [3.05, 3.63) is 12.2 Å². The number of unbranched alkanes of at least 4 members (excludes halogenated alkanes) is 56. The van der Waals surface area contributed by atoms with E-state index in [-0.39, 0.29) is 25.6 Å². The predicted molar refractivity (Wildman–Crippen MR) is 368 cm³/mol. The summed E-state index contributed by atoms with van der Waals surface area (Å²) in [5.74, 6) is -0.768. The largest absolute Gasteiger partial charge is 0.472 e. The average molecular weight is 1220 g/mol. The fraction of sp³-hybridized carbons (Fsp3) is 0.947. The smallest absolute Gasteiger partial charge is 0.462 e. The highest BCUT2D eigenvalue weighted by Gasteiger charge is 2.27. The third-order valence-corrected chi connectivity index (χ3v) is 18.5. The molecule has 0 aliphatic heterocycles. The summed E-state index contributed by atoms with van der Waals surface area (Å²) in [6, 6.07) is 0. The second-order valence-corrected chi connectivity index (χ2v) is 28.9. The number of phosphoric ester groups is 1. The van der Waals surface area contributed by atoms with Crippen molar-refractivity contribution >= 4 is 19.8 Å². The van der Waals surface area contributed by atoms with E-state index in [2.05, 4.69) is 26.0 Å². The van der Waals surface area contributed by atoms with Gasteiger partial charge in [0, 0.05) is 12.8 Å². The van der Waals surface area contributed by atoms with Gasteiger partial charge in [-0.15, -0.1) is 0 Å². The fourth-order valence-electron chi connectivity index (χ4n) is 11.7. The second kappa shape index (κ2) is 67.2. The molecule has 0 fully saturated rings. The van der Waals surface area contributed by atoms with Crippen LogP contribution in [0.4, 0.5) is 0 Å². The molecule has 0 aliphatic carbocycles. The maximum Gasteiger partial charge on any atom is 0.472 e. The van der Waals surface area contributed by atoms with Gasteiger partial charge in [0.25, 0.3) is 0 Å². The molecule has 0 rings (SSSR count). The summed E-state index contributed by atoms with van der Waals surface area (Å²) in [5.41, 5.74) is 0. The van der Waals surface area contributed by atoms with Crippen molar-refractivity contribution in [2.24, 2.45) is 0 Å². The van der Waals surface area contributed by atoms with Crippen molar-refractivity contribution in [3.8, 4) is 0 Å². The Labute approximate surface area is 530 Å². The third kappa shape index (κ3) is 71.7. The predicted octanol–water partition coefficient (Wildman–Crippen LogP) is 24.7. The zero-order valence-corrected chi connectivity index (χ0v) is 58.8. The lowest BCUT2D eigenvalue weighted by Gasteiger charge is -2.24. The molecule has 0 spiro atoms. The van der Waals surface area contributed by atoms with Crippen molar-refractivity contribution in [2.75, 3.05) is 47.5 Å². The van der Waals surface area contributed by atoms with Gasteiger partial charge in [-0.2, -0.15) is 0 Å². The molecular formula is C75H149NO8P+. The lowest BCUT2D eigenvalue weighted by atomic mass is 10.0. The summed E-state index contributed by atoms with van der Waals surface area (Å²) in [6.45, 7) is 4.53. The number of esters is 2. The van der Waals surface area contributed by atoms with Crippen LogP contribution in [-0.4, -0.2) is 74.9 Å². The third-order valence-electron chi connectivity index (χ3n) is 17.5. The van der Waals surface area contributed by atoms with Gasteiger partial charge in [-0.3, -0.25) is 18.6 Å². The van der Waals surface area contributed by atoms with Crippen LogP contribution in [0.15, 0.2) is 12.2 Å². The van der Waals surface area contributed by atoms with Crippen LogP contribution >= 0.6 is 7.82 Å². The highest BCUT2D eigenvalue weighted by molar-refractivity contribution is 7.47. The molecule has 0 saturated carbocycles. The molecule has 0 amide bonds. The number of nitrogens with zero attached hydrogens (tertiary/aromatic N) is 1. The zero-order chi connectivity index (χ0) is 61.9. The molecule has 0 aliphatic rings. The molecule has 0 aromatic heterocycles. The van der Waals surface area contributed by atoms with Gasteiger partial charge in [-0.1, -0.05) is 366 Å². The van der Waals surface area contributed by atoms with E-state index in [0.717, 1.165) is 38.5 Å². The summed E-state index contributed by atoms with van der Waals surface area (Å²) in [4.78, 5) is 35.9. The van der Waals surface area contributed by atoms with E-state index in [0.29, 0.717) is 17.4 Å². The first-order valence-corrected chi connectivity index (χ1v) is 39.4. The number of carbonyl (C=O) groups is 2. The number of phosphoric acid groups is 1. The fourth-order valence-corrected chi connectivity index (χ4v) is 12.5. The lowest BCUT2D eigenvalue weighted by molar-refractivity contribution is -0.870. The van der Waals surface area contributed by atoms with Gasteiger partial charge < -0.3 is 18.9 Å². The summed E-state index contributed by atoms with van der Waals surface area (Å²) in [6.07, 6.45) is 83.5. The number of carbonyl (C=O) groups excluding carboxylic acids is 2. The molecule has 0 aromatic rings. The van der Waals surface area contributed by atoms with Crippen molar-refractivity contribution in [3.63, 3.8) is 0 Å². The maximum absolute atomic E-state index is 12.9. The number of allylic oxidation sites excluding steroid dienone is 2. The Bertz CT molecular complexity index is 1440. The SMILES string of the molecule is CCCCCCCCCC/C=C\CCCCCCCCCCCCCCCCCCCCCCCCCCCC(=O)OC(COC(=O)CCCCCCCCCCCCCCCCCCCCCCCCCC)COP(=O)(O)OCC[N+](C)(C)C. The Balaban J connectivity index is 3.90. The van der Waals surface area contributed by atoms with Gasteiger partial charge in [0.05, 0.1) is 27.7 Å². The molecule has 0 aromatic carbocycles. The van der Waals surface area contributed by atoms with Crippen LogP contribution in [0, 0.1) is 0 Å². The lowest BCUT2D eigenvalue weighted by Crippen LogP contribution is -2.37. The van der Waals surface area contributed by atoms with E-state index in [1.807, 2.05) is 21.1 Å². The monoisotopic (exact) mass is 1220 g/mol. The van der Waals surface area contributed by atoms with Crippen LogP contribution in [0.2, 0.25) is 0 Å². The van der Waals surface area contributed by atoms with Gasteiger partial charge in [0.1, 0.15) is 19.8 Å². The van der Waals surface area contributed by atoms with Crippen molar-refractivity contribution < 1.29 is 42.1 Å². The van der Waals surface area contributed by atoms with Crippen LogP contribution in [0.25, 0.3) is 0 Å². The summed E-state index contributed by atoms with van der Waals surface area (Å²) >= 11 is 0. The summed E-state index contributed by atoms with van der Waals surface area (Å²) in [7, 11) is 1.51. The van der Waals surface area contributed by atoms with Gasteiger partial charge in [-0.05, 0) is 38.5 Å². The van der Waals surface area contributed by atoms with E-state index in [1.165, 1.54) is 340 Å². The topological polar surface area (TPSA) is 108 Å². The summed E-state index contributed by atoms with van der Waals surface area (Å²) < 4.78 is 34.8. The van der Waals surface area contributed by atoms with E-state index in [1.54, 1.807) is 0 Å². The van der Waals surface area contributed by atoms with Crippen LogP contribution in [-0.2, 0) is 32.7 Å². The molecule has 0 bridgehead atoms. The molecule has 0 radical (unpaired) electrons. The van der Waals surface area contributed by atoms with E-state index < -0.39 is 26.5 Å².